The van der Waals surface area contributed by atoms with Gasteiger partial charge in [-0.05, 0) is 42.7 Å². The molecule has 1 amide bonds. The highest BCUT2D eigenvalue weighted by Crippen LogP contribution is 2.33. The van der Waals surface area contributed by atoms with E-state index in [1.54, 1.807) is 17.2 Å². The number of carbonyl (C=O) groups is 1. The van der Waals surface area contributed by atoms with Gasteiger partial charge >= 0.3 is 6.09 Å². The summed E-state index contributed by atoms with van der Waals surface area (Å²) < 4.78 is 0. The van der Waals surface area contributed by atoms with E-state index in [0.717, 1.165) is 16.5 Å². The quantitative estimate of drug-likeness (QED) is 0.639. The molecule has 3 N–H and O–H groups in total. The molecule has 140 valence electrons. The molecule has 1 fully saturated rings. The fourth-order valence-electron chi connectivity index (χ4n) is 3.29. The van der Waals surface area contributed by atoms with Crippen LogP contribution in [0.1, 0.15) is 18.4 Å². The molecule has 0 atom stereocenters. The van der Waals surface area contributed by atoms with Gasteiger partial charge in [-0.15, -0.1) is 5.06 Å². The number of aliphatic hydroxyl groups is 1. The molecule has 0 aliphatic carbocycles. The van der Waals surface area contributed by atoms with Crippen molar-refractivity contribution in [3.8, 4) is 0 Å². The van der Waals surface area contributed by atoms with E-state index >= 15 is 0 Å². The first-order valence-electron chi connectivity index (χ1n) is 8.69. The van der Waals surface area contributed by atoms with Crippen LogP contribution in [0, 0.1) is 0 Å². The molecule has 0 radical (unpaired) electrons. The van der Waals surface area contributed by atoms with E-state index in [0.29, 0.717) is 36.8 Å². The molecule has 4 rings (SSSR count). The number of hydrogen-bond donors (Lipinski definition) is 3. The number of para-hydroxylation sites is 1. The normalized spacial score (nSPS) is 17.0. The lowest BCUT2D eigenvalue weighted by molar-refractivity contribution is -0.148. The summed E-state index contributed by atoms with van der Waals surface area (Å²) in [4.78, 5) is 17.5. The molecule has 1 aliphatic heterocycles. The number of amides is 1. The third-order valence-electron chi connectivity index (χ3n) is 4.83. The zero-order valence-electron chi connectivity index (χ0n) is 14.5. The van der Waals surface area contributed by atoms with Gasteiger partial charge in [0.25, 0.3) is 0 Å². The maximum atomic E-state index is 12.2. The van der Waals surface area contributed by atoms with Gasteiger partial charge in [-0.25, -0.2) is 4.79 Å². The SMILES string of the molecule is O=C(Nc1n[nH]c2ccccc12)ON1CCC(O)(c2ccc(Cl)cc2)CC1. The zero-order valence-corrected chi connectivity index (χ0v) is 15.2. The second-order valence-electron chi connectivity index (χ2n) is 6.59. The van der Waals surface area contributed by atoms with Crippen molar-refractivity contribution in [2.45, 2.75) is 18.4 Å². The second kappa shape index (κ2) is 7.19. The molecule has 0 unspecified atom stereocenters. The Morgan fingerprint density at radius 1 is 1.19 bits per heavy atom. The molecule has 0 spiro atoms. The highest BCUT2D eigenvalue weighted by atomic mass is 35.5. The summed E-state index contributed by atoms with van der Waals surface area (Å²) in [6.45, 7) is 0.849. The fourth-order valence-corrected chi connectivity index (χ4v) is 3.42. The Bertz CT molecular complexity index is 949. The Kier molecular flexibility index (Phi) is 4.73. The van der Waals surface area contributed by atoms with Crippen LogP contribution in [0.2, 0.25) is 5.02 Å². The first-order valence-corrected chi connectivity index (χ1v) is 9.07. The largest absolute Gasteiger partial charge is 0.432 e. The van der Waals surface area contributed by atoms with E-state index in [4.69, 9.17) is 16.4 Å². The first kappa shape index (κ1) is 17.8. The average molecular weight is 387 g/mol. The molecule has 7 nitrogen and oxygen atoms in total. The van der Waals surface area contributed by atoms with Crippen LogP contribution in [-0.4, -0.2) is 39.5 Å². The molecule has 2 heterocycles. The van der Waals surface area contributed by atoms with Crippen molar-refractivity contribution >= 4 is 34.4 Å². The topological polar surface area (TPSA) is 90.5 Å². The number of nitrogens with zero attached hydrogens (tertiary/aromatic N) is 2. The van der Waals surface area contributed by atoms with E-state index in [9.17, 15) is 9.90 Å². The van der Waals surface area contributed by atoms with Crippen LogP contribution >= 0.6 is 11.6 Å². The number of anilines is 1. The highest BCUT2D eigenvalue weighted by Gasteiger charge is 2.35. The molecule has 0 bridgehead atoms. The molecule has 1 aliphatic rings. The third kappa shape index (κ3) is 3.75. The summed E-state index contributed by atoms with van der Waals surface area (Å²) in [5.74, 6) is 0.422. The van der Waals surface area contributed by atoms with E-state index in [-0.39, 0.29) is 0 Å². The van der Waals surface area contributed by atoms with Gasteiger partial charge in [-0.1, -0.05) is 35.9 Å². The molecule has 3 aromatic rings. The molecule has 8 heteroatoms. The predicted octanol–water partition coefficient (Wildman–Crippen LogP) is 3.66. The van der Waals surface area contributed by atoms with Gasteiger partial charge in [0.05, 0.1) is 11.1 Å². The fraction of sp³-hybridized carbons (Fsp3) is 0.263. The lowest BCUT2D eigenvalue weighted by Crippen LogP contribution is -2.43. The summed E-state index contributed by atoms with van der Waals surface area (Å²) in [6.07, 6.45) is 0.296. The summed E-state index contributed by atoms with van der Waals surface area (Å²) in [6, 6.07) is 14.7. The van der Waals surface area contributed by atoms with Crippen molar-refractivity contribution in [1.82, 2.24) is 15.3 Å². The van der Waals surface area contributed by atoms with Gasteiger partial charge in [-0.2, -0.15) is 5.10 Å². The average Bonchev–Trinajstić information content (AvgIpc) is 3.07. The molecule has 0 saturated carbocycles. The van der Waals surface area contributed by atoms with Crippen LogP contribution < -0.4 is 5.32 Å². The van der Waals surface area contributed by atoms with Crippen LogP contribution in [0.3, 0.4) is 0 Å². The number of rotatable bonds is 3. The molecular formula is C19H19ClN4O3. The van der Waals surface area contributed by atoms with Crippen molar-refractivity contribution < 1.29 is 14.7 Å². The van der Waals surface area contributed by atoms with Crippen molar-refractivity contribution in [3.05, 3.63) is 59.1 Å². The van der Waals surface area contributed by atoms with Crippen LogP contribution in [0.25, 0.3) is 10.9 Å². The van der Waals surface area contributed by atoms with Gasteiger partial charge in [0.15, 0.2) is 5.82 Å². The molecule has 1 saturated heterocycles. The predicted molar refractivity (Wildman–Crippen MR) is 102 cm³/mol. The summed E-state index contributed by atoms with van der Waals surface area (Å²) >= 11 is 5.91. The number of halogens is 1. The van der Waals surface area contributed by atoms with Crippen LogP contribution in [0.4, 0.5) is 10.6 Å². The standard InChI is InChI=1S/C19H19ClN4O3/c20-14-7-5-13(6-8-14)19(26)9-11-24(12-10-19)27-18(25)21-17-15-3-1-2-4-16(15)22-23-17/h1-8,26H,9-12H2,(H2,21,22,23,25). The third-order valence-corrected chi connectivity index (χ3v) is 5.09. The Balaban J connectivity index is 1.35. The number of nitrogens with one attached hydrogen (secondary N) is 2. The maximum Gasteiger partial charge on any atom is 0.432 e. The Morgan fingerprint density at radius 3 is 2.63 bits per heavy atom. The number of hydrogen-bond acceptors (Lipinski definition) is 5. The van der Waals surface area contributed by atoms with Crippen LogP contribution in [0.5, 0.6) is 0 Å². The van der Waals surface area contributed by atoms with E-state index in [2.05, 4.69) is 15.5 Å². The van der Waals surface area contributed by atoms with Gasteiger partial charge < -0.3 is 9.94 Å². The monoisotopic (exact) mass is 386 g/mol. The Hall–Kier alpha value is -2.61. The number of benzene rings is 2. The zero-order chi connectivity index (χ0) is 18.9. The smallest absolute Gasteiger partial charge is 0.385 e. The van der Waals surface area contributed by atoms with Gasteiger partial charge in [0.2, 0.25) is 0 Å². The van der Waals surface area contributed by atoms with Gasteiger partial charge in [-0.3, -0.25) is 10.4 Å². The molecular weight excluding hydrogens is 368 g/mol. The summed E-state index contributed by atoms with van der Waals surface area (Å²) in [7, 11) is 0. The van der Waals surface area contributed by atoms with E-state index < -0.39 is 11.7 Å². The number of aromatic nitrogens is 2. The van der Waals surface area contributed by atoms with Crippen molar-refractivity contribution in [3.63, 3.8) is 0 Å². The minimum absolute atomic E-state index is 0.422. The Morgan fingerprint density at radius 2 is 1.89 bits per heavy atom. The maximum absolute atomic E-state index is 12.2. The van der Waals surface area contributed by atoms with Crippen molar-refractivity contribution in [1.29, 1.82) is 0 Å². The number of fused-ring (bicyclic) bond motifs is 1. The molecule has 27 heavy (non-hydrogen) atoms. The minimum atomic E-state index is -0.945. The number of H-pyrrole nitrogens is 1. The van der Waals surface area contributed by atoms with E-state index in [1.165, 1.54) is 0 Å². The molecule has 2 aromatic carbocycles. The lowest BCUT2D eigenvalue weighted by Gasteiger charge is -2.37. The first-order chi connectivity index (χ1) is 13.0. The van der Waals surface area contributed by atoms with Crippen LogP contribution in [-0.2, 0) is 10.4 Å². The van der Waals surface area contributed by atoms with Crippen molar-refractivity contribution in [2.24, 2.45) is 0 Å². The summed E-state index contributed by atoms with van der Waals surface area (Å²) in [5.41, 5.74) is 0.706. The van der Waals surface area contributed by atoms with Gasteiger partial charge in [0, 0.05) is 23.5 Å². The van der Waals surface area contributed by atoms with E-state index in [1.807, 2.05) is 36.4 Å². The Labute approximate surface area is 160 Å². The van der Waals surface area contributed by atoms with Gasteiger partial charge in [0.1, 0.15) is 0 Å². The lowest BCUT2D eigenvalue weighted by atomic mass is 9.85. The molecule has 1 aromatic heterocycles. The minimum Gasteiger partial charge on any atom is -0.385 e. The number of piperidine rings is 1. The number of carbonyl (C=O) groups excluding carboxylic acids is 1. The highest BCUT2D eigenvalue weighted by molar-refractivity contribution is 6.30. The summed E-state index contributed by atoms with van der Waals surface area (Å²) in [5, 5.41) is 23.5. The number of hydroxylamine groups is 2. The number of aromatic amines is 1. The second-order valence-corrected chi connectivity index (χ2v) is 7.03. The van der Waals surface area contributed by atoms with Crippen molar-refractivity contribution in [2.75, 3.05) is 18.4 Å². The van der Waals surface area contributed by atoms with Crippen LogP contribution in [0.15, 0.2) is 48.5 Å².